The zero-order valence-corrected chi connectivity index (χ0v) is 13.1. The van der Waals surface area contributed by atoms with Gasteiger partial charge in [-0.25, -0.2) is 4.98 Å². The standard InChI is InChI=1S/C21H18N2/c1-16-11-13-18(14-12-16)23-20-10-6-5-9-19(20)22-21(23)15-17-7-3-2-4-8-17/h2-14H,15H2,1H3. The highest BCUT2D eigenvalue weighted by molar-refractivity contribution is 5.78. The maximum atomic E-state index is 4.87. The van der Waals surface area contributed by atoms with Crippen LogP contribution in [0.1, 0.15) is 17.0 Å². The molecule has 0 bridgehead atoms. The normalized spacial score (nSPS) is 11.0. The number of fused-ring (bicyclic) bond motifs is 1. The van der Waals surface area contributed by atoms with Crippen molar-refractivity contribution in [3.63, 3.8) is 0 Å². The van der Waals surface area contributed by atoms with E-state index in [1.54, 1.807) is 0 Å². The smallest absolute Gasteiger partial charge is 0.118 e. The molecule has 0 unspecified atom stereocenters. The van der Waals surface area contributed by atoms with Gasteiger partial charge in [0, 0.05) is 12.1 Å². The van der Waals surface area contributed by atoms with E-state index in [-0.39, 0.29) is 0 Å². The highest BCUT2D eigenvalue weighted by Gasteiger charge is 2.12. The zero-order valence-electron chi connectivity index (χ0n) is 13.1. The maximum absolute atomic E-state index is 4.87. The Morgan fingerprint density at radius 1 is 0.783 bits per heavy atom. The zero-order chi connectivity index (χ0) is 15.6. The number of imidazole rings is 1. The Hall–Kier alpha value is -2.87. The molecule has 0 saturated heterocycles. The van der Waals surface area contributed by atoms with Crippen LogP contribution in [-0.2, 0) is 6.42 Å². The van der Waals surface area contributed by atoms with Crippen molar-refractivity contribution in [2.75, 3.05) is 0 Å². The molecular formula is C21H18N2. The second-order valence-corrected chi connectivity index (χ2v) is 5.85. The maximum Gasteiger partial charge on any atom is 0.118 e. The Morgan fingerprint density at radius 3 is 2.26 bits per heavy atom. The first kappa shape index (κ1) is 13.8. The van der Waals surface area contributed by atoms with E-state index in [4.69, 9.17) is 4.98 Å². The van der Waals surface area contributed by atoms with E-state index >= 15 is 0 Å². The Morgan fingerprint density at radius 2 is 1.48 bits per heavy atom. The number of nitrogens with zero attached hydrogens (tertiary/aromatic N) is 2. The lowest BCUT2D eigenvalue weighted by Gasteiger charge is -2.10. The molecule has 3 aromatic carbocycles. The molecule has 0 aliphatic heterocycles. The molecule has 2 heteroatoms. The molecule has 0 fully saturated rings. The van der Waals surface area contributed by atoms with Crippen LogP contribution in [0.5, 0.6) is 0 Å². The number of para-hydroxylation sites is 2. The highest BCUT2D eigenvalue weighted by atomic mass is 15.1. The molecule has 1 aromatic heterocycles. The first-order valence-electron chi connectivity index (χ1n) is 7.88. The summed E-state index contributed by atoms with van der Waals surface area (Å²) in [7, 11) is 0. The lowest BCUT2D eigenvalue weighted by atomic mass is 10.1. The van der Waals surface area contributed by atoms with Gasteiger partial charge in [0.2, 0.25) is 0 Å². The molecular weight excluding hydrogens is 280 g/mol. The SMILES string of the molecule is Cc1ccc(-n2c(Cc3ccccc3)nc3ccccc32)cc1. The number of benzene rings is 3. The minimum atomic E-state index is 0.823. The summed E-state index contributed by atoms with van der Waals surface area (Å²) in [4.78, 5) is 4.87. The topological polar surface area (TPSA) is 17.8 Å². The Kier molecular flexibility index (Phi) is 3.43. The molecule has 0 saturated carbocycles. The van der Waals surface area contributed by atoms with Crippen LogP contribution in [0, 0.1) is 6.92 Å². The van der Waals surface area contributed by atoms with E-state index in [2.05, 4.69) is 78.2 Å². The lowest BCUT2D eigenvalue weighted by molar-refractivity contribution is 0.932. The second-order valence-electron chi connectivity index (χ2n) is 5.85. The molecule has 4 rings (SSSR count). The third-order valence-corrected chi connectivity index (χ3v) is 4.13. The van der Waals surface area contributed by atoms with E-state index in [1.807, 2.05) is 12.1 Å². The molecule has 1 heterocycles. The van der Waals surface area contributed by atoms with Gasteiger partial charge in [0.1, 0.15) is 5.82 Å². The van der Waals surface area contributed by atoms with Gasteiger partial charge in [-0.1, -0.05) is 60.2 Å². The van der Waals surface area contributed by atoms with Gasteiger partial charge in [-0.05, 0) is 36.8 Å². The van der Waals surface area contributed by atoms with Crippen molar-refractivity contribution < 1.29 is 0 Å². The molecule has 0 N–H and O–H groups in total. The number of hydrogen-bond donors (Lipinski definition) is 0. The molecule has 0 spiro atoms. The number of aromatic nitrogens is 2. The minimum absolute atomic E-state index is 0.823. The molecule has 0 amide bonds. The Balaban J connectivity index is 1.89. The highest BCUT2D eigenvalue weighted by Crippen LogP contribution is 2.23. The van der Waals surface area contributed by atoms with E-state index in [0.717, 1.165) is 29.0 Å². The van der Waals surface area contributed by atoms with Crippen LogP contribution < -0.4 is 0 Å². The van der Waals surface area contributed by atoms with Crippen LogP contribution in [-0.4, -0.2) is 9.55 Å². The average molecular weight is 298 g/mol. The molecule has 2 nitrogen and oxygen atoms in total. The van der Waals surface area contributed by atoms with E-state index in [0.29, 0.717) is 0 Å². The van der Waals surface area contributed by atoms with Crippen LogP contribution in [0.3, 0.4) is 0 Å². The quantitative estimate of drug-likeness (QED) is 0.524. The van der Waals surface area contributed by atoms with E-state index in [9.17, 15) is 0 Å². The second kappa shape index (κ2) is 5.73. The van der Waals surface area contributed by atoms with Crippen molar-refractivity contribution in [2.24, 2.45) is 0 Å². The van der Waals surface area contributed by atoms with Crippen LogP contribution in [0.25, 0.3) is 16.7 Å². The van der Waals surface area contributed by atoms with Gasteiger partial charge < -0.3 is 0 Å². The molecule has 4 aromatic rings. The fraction of sp³-hybridized carbons (Fsp3) is 0.0952. The fourth-order valence-corrected chi connectivity index (χ4v) is 2.95. The summed E-state index contributed by atoms with van der Waals surface area (Å²) in [6.45, 7) is 2.11. The van der Waals surface area contributed by atoms with Crippen molar-refractivity contribution in [2.45, 2.75) is 13.3 Å². The van der Waals surface area contributed by atoms with Gasteiger partial charge in [-0.3, -0.25) is 4.57 Å². The van der Waals surface area contributed by atoms with Crippen molar-refractivity contribution in [1.82, 2.24) is 9.55 Å². The average Bonchev–Trinajstić information content (AvgIpc) is 2.94. The summed E-state index contributed by atoms with van der Waals surface area (Å²) < 4.78 is 2.27. The molecule has 23 heavy (non-hydrogen) atoms. The van der Waals surface area contributed by atoms with Gasteiger partial charge in [-0.2, -0.15) is 0 Å². The molecule has 0 atom stereocenters. The molecule has 0 radical (unpaired) electrons. The van der Waals surface area contributed by atoms with Crippen LogP contribution >= 0.6 is 0 Å². The van der Waals surface area contributed by atoms with E-state index < -0.39 is 0 Å². The van der Waals surface area contributed by atoms with Crippen molar-refractivity contribution in [3.05, 3.63) is 95.8 Å². The summed E-state index contributed by atoms with van der Waals surface area (Å²) in [5, 5.41) is 0. The van der Waals surface area contributed by atoms with Crippen LogP contribution in [0.15, 0.2) is 78.9 Å². The van der Waals surface area contributed by atoms with Gasteiger partial charge in [-0.15, -0.1) is 0 Å². The lowest BCUT2D eigenvalue weighted by Crippen LogP contribution is -2.02. The number of hydrogen-bond acceptors (Lipinski definition) is 1. The van der Waals surface area contributed by atoms with E-state index in [1.165, 1.54) is 11.1 Å². The van der Waals surface area contributed by atoms with Crippen molar-refractivity contribution in [3.8, 4) is 5.69 Å². The molecule has 112 valence electrons. The largest absolute Gasteiger partial charge is 0.296 e. The third-order valence-electron chi connectivity index (χ3n) is 4.13. The summed E-state index contributed by atoms with van der Waals surface area (Å²) in [5.74, 6) is 1.07. The Labute approximate surface area is 136 Å². The first-order valence-corrected chi connectivity index (χ1v) is 7.88. The minimum Gasteiger partial charge on any atom is -0.296 e. The number of rotatable bonds is 3. The predicted octanol–water partition coefficient (Wildman–Crippen LogP) is 4.92. The van der Waals surface area contributed by atoms with Crippen LogP contribution in [0.2, 0.25) is 0 Å². The summed E-state index contributed by atoms with van der Waals surface area (Å²) >= 11 is 0. The van der Waals surface area contributed by atoms with Gasteiger partial charge in [0.05, 0.1) is 11.0 Å². The summed E-state index contributed by atoms with van der Waals surface area (Å²) in [6, 6.07) is 27.5. The monoisotopic (exact) mass is 298 g/mol. The fourth-order valence-electron chi connectivity index (χ4n) is 2.95. The van der Waals surface area contributed by atoms with Crippen LogP contribution in [0.4, 0.5) is 0 Å². The van der Waals surface area contributed by atoms with Crippen molar-refractivity contribution in [1.29, 1.82) is 0 Å². The molecule has 0 aliphatic carbocycles. The Bertz CT molecular complexity index is 935. The molecule has 0 aliphatic rings. The van der Waals surface area contributed by atoms with Gasteiger partial charge >= 0.3 is 0 Å². The summed E-state index contributed by atoms with van der Waals surface area (Å²) in [5.41, 5.74) is 5.90. The summed E-state index contributed by atoms with van der Waals surface area (Å²) in [6.07, 6.45) is 0.823. The van der Waals surface area contributed by atoms with Gasteiger partial charge in [0.15, 0.2) is 0 Å². The third kappa shape index (κ3) is 2.64. The van der Waals surface area contributed by atoms with Crippen molar-refractivity contribution >= 4 is 11.0 Å². The first-order chi connectivity index (χ1) is 11.3. The predicted molar refractivity (Wildman–Crippen MR) is 95.1 cm³/mol. The van der Waals surface area contributed by atoms with Gasteiger partial charge in [0.25, 0.3) is 0 Å². The number of aryl methyl sites for hydroxylation is 1.